The van der Waals surface area contributed by atoms with Crippen LogP contribution < -0.4 is 0 Å². The summed E-state index contributed by atoms with van der Waals surface area (Å²) >= 11 is 0. The summed E-state index contributed by atoms with van der Waals surface area (Å²) in [5, 5.41) is 16.2. The Bertz CT molecular complexity index is 359. The monoisotopic (exact) mass is 249 g/mol. The van der Waals surface area contributed by atoms with Gasteiger partial charge in [0.2, 0.25) is 18.2 Å². The number of rotatable bonds is 0. The van der Waals surface area contributed by atoms with Crippen LogP contribution in [0.1, 0.15) is 16.7 Å². The van der Waals surface area contributed by atoms with Crippen molar-refractivity contribution in [3.05, 3.63) is 34.9 Å². The molecule has 0 atom stereocenters. The molecule has 0 aliphatic carbocycles. The van der Waals surface area contributed by atoms with Crippen LogP contribution in [0.3, 0.4) is 0 Å². The molecule has 0 fully saturated rings. The van der Waals surface area contributed by atoms with Gasteiger partial charge in [0.15, 0.2) is 0 Å². The highest BCUT2D eigenvalue weighted by Gasteiger charge is 1.87. The number of hydrogen-bond donors (Lipinski definition) is 3. The minimum atomic E-state index is 0.750. The number of carbonyl (C=O) groups excluding carboxylic acids is 3. The molecule has 0 aliphatic rings. The molecule has 0 saturated heterocycles. The van der Waals surface area contributed by atoms with E-state index in [0.29, 0.717) is 0 Å². The molecule has 6 heteroatoms. The first kappa shape index (κ1) is 20.7. The molecule has 6 nitrogen and oxygen atoms in total. The standard InChI is InChI=1S/C9H12.3CHNO/c1-7-4-8(2)6-9(3)5-7;3*2-1-3/h4-6H,1-3H3;3*2H. The Balaban J connectivity index is -0.000000210. The van der Waals surface area contributed by atoms with E-state index in [1.54, 1.807) is 0 Å². The van der Waals surface area contributed by atoms with E-state index in [1.807, 2.05) is 0 Å². The minimum absolute atomic E-state index is 0.750. The van der Waals surface area contributed by atoms with Gasteiger partial charge < -0.3 is 0 Å². The molecule has 0 unspecified atom stereocenters. The molecule has 3 N–H and O–H groups in total. The molecule has 1 aromatic carbocycles. The zero-order valence-electron chi connectivity index (χ0n) is 10.5. The lowest BCUT2D eigenvalue weighted by molar-refractivity contribution is 0.562. The van der Waals surface area contributed by atoms with Crippen molar-refractivity contribution in [2.45, 2.75) is 20.8 Å². The van der Waals surface area contributed by atoms with Gasteiger partial charge in [0.1, 0.15) is 0 Å². The summed E-state index contributed by atoms with van der Waals surface area (Å²) in [6, 6.07) is 6.56. The van der Waals surface area contributed by atoms with Crippen LogP contribution in [0.25, 0.3) is 0 Å². The predicted molar refractivity (Wildman–Crippen MR) is 65.9 cm³/mol. The van der Waals surface area contributed by atoms with Gasteiger partial charge in [-0.05, 0) is 20.8 Å². The van der Waals surface area contributed by atoms with Gasteiger partial charge in [-0.25, -0.2) is 30.6 Å². The van der Waals surface area contributed by atoms with Crippen molar-refractivity contribution in [1.82, 2.24) is 0 Å². The summed E-state index contributed by atoms with van der Waals surface area (Å²) < 4.78 is 0. The molecule has 0 amide bonds. The lowest BCUT2D eigenvalue weighted by Gasteiger charge is -1.96. The third-order valence-electron chi connectivity index (χ3n) is 1.37. The van der Waals surface area contributed by atoms with E-state index in [-0.39, 0.29) is 0 Å². The lowest BCUT2D eigenvalue weighted by Crippen LogP contribution is -1.78. The van der Waals surface area contributed by atoms with Gasteiger partial charge in [0.05, 0.1) is 0 Å². The van der Waals surface area contributed by atoms with Gasteiger partial charge in [-0.15, -0.1) is 0 Å². The summed E-state index contributed by atoms with van der Waals surface area (Å²) in [7, 11) is 0. The summed E-state index contributed by atoms with van der Waals surface area (Å²) in [6.07, 6.45) is 2.25. The van der Waals surface area contributed by atoms with Crippen molar-refractivity contribution in [3.8, 4) is 0 Å². The molecule has 1 rings (SSSR count). The molecular weight excluding hydrogens is 234 g/mol. The zero-order valence-corrected chi connectivity index (χ0v) is 10.5. The van der Waals surface area contributed by atoms with Crippen molar-refractivity contribution < 1.29 is 14.4 Å². The number of hydrogen-bond acceptors (Lipinski definition) is 6. The van der Waals surface area contributed by atoms with E-state index < -0.39 is 0 Å². The van der Waals surface area contributed by atoms with Gasteiger partial charge in [-0.3, -0.25) is 0 Å². The molecule has 0 spiro atoms. The second-order valence-corrected chi connectivity index (χ2v) is 2.97. The van der Waals surface area contributed by atoms with Crippen LogP contribution in [-0.2, 0) is 14.4 Å². The SMILES string of the molecule is Cc1cc(C)cc(C)c1.N=C=O.N=C=O.N=C=O. The Labute approximate surface area is 105 Å². The summed E-state index contributed by atoms with van der Waals surface area (Å²) in [6.45, 7) is 6.38. The van der Waals surface area contributed by atoms with E-state index in [2.05, 4.69) is 39.0 Å². The van der Waals surface area contributed by atoms with Crippen molar-refractivity contribution in [2.75, 3.05) is 0 Å². The Hall–Kier alpha value is -2.64. The maximum absolute atomic E-state index is 8.35. The molecule has 0 radical (unpaired) electrons. The summed E-state index contributed by atoms with van der Waals surface area (Å²) in [4.78, 5) is 25.0. The van der Waals surface area contributed by atoms with Crippen molar-refractivity contribution in [2.24, 2.45) is 0 Å². The molecule has 0 aliphatic heterocycles. The molecule has 0 heterocycles. The van der Waals surface area contributed by atoms with Crippen LogP contribution in [0.2, 0.25) is 0 Å². The minimum Gasteiger partial charge on any atom is -0.222 e. The van der Waals surface area contributed by atoms with E-state index >= 15 is 0 Å². The van der Waals surface area contributed by atoms with Gasteiger partial charge in [0.25, 0.3) is 0 Å². The highest BCUT2D eigenvalue weighted by atomic mass is 16.1. The van der Waals surface area contributed by atoms with Gasteiger partial charge in [-0.2, -0.15) is 0 Å². The summed E-state index contributed by atoms with van der Waals surface area (Å²) in [5.41, 5.74) is 4.06. The fourth-order valence-corrected chi connectivity index (χ4v) is 1.20. The topological polar surface area (TPSA) is 123 Å². The first-order valence-corrected chi connectivity index (χ1v) is 4.59. The number of nitrogens with one attached hydrogen (secondary N) is 3. The van der Waals surface area contributed by atoms with Crippen molar-refractivity contribution in [1.29, 1.82) is 16.2 Å². The smallest absolute Gasteiger partial charge is 0.222 e. The molecule has 1 aromatic rings. The number of aryl methyl sites for hydroxylation is 3. The highest BCUT2D eigenvalue weighted by Crippen LogP contribution is 2.06. The summed E-state index contributed by atoms with van der Waals surface area (Å²) in [5.74, 6) is 0. The Morgan fingerprint density at radius 2 is 0.778 bits per heavy atom. The van der Waals surface area contributed by atoms with Crippen molar-refractivity contribution >= 4 is 18.2 Å². The maximum Gasteiger partial charge on any atom is 0.231 e. The molecule has 96 valence electrons. The average molecular weight is 249 g/mol. The van der Waals surface area contributed by atoms with Crippen LogP contribution in [0, 0.1) is 37.0 Å². The van der Waals surface area contributed by atoms with E-state index in [9.17, 15) is 0 Å². The zero-order chi connectivity index (χ0) is 15.0. The molecule has 0 saturated carbocycles. The highest BCUT2D eigenvalue weighted by molar-refractivity contribution is 5.27. The third kappa shape index (κ3) is 23.3. The van der Waals surface area contributed by atoms with Gasteiger partial charge in [-0.1, -0.05) is 34.9 Å². The van der Waals surface area contributed by atoms with Crippen LogP contribution in [0.5, 0.6) is 0 Å². The van der Waals surface area contributed by atoms with E-state index in [0.717, 1.165) is 18.2 Å². The molecular formula is C12H15N3O3. The van der Waals surface area contributed by atoms with E-state index in [1.165, 1.54) is 16.7 Å². The number of isocyanates is 3. The Morgan fingerprint density at radius 3 is 0.889 bits per heavy atom. The second-order valence-electron chi connectivity index (χ2n) is 2.97. The van der Waals surface area contributed by atoms with Crippen LogP contribution in [0.4, 0.5) is 0 Å². The van der Waals surface area contributed by atoms with Gasteiger partial charge in [0, 0.05) is 0 Å². The molecule has 18 heavy (non-hydrogen) atoms. The fraction of sp³-hybridized carbons (Fsp3) is 0.250. The van der Waals surface area contributed by atoms with E-state index in [4.69, 9.17) is 30.6 Å². The first-order valence-electron chi connectivity index (χ1n) is 4.59. The first-order chi connectivity index (χ1) is 8.42. The fourth-order valence-electron chi connectivity index (χ4n) is 1.20. The van der Waals surface area contributed by atoms with Crippen LogP contribution in [0.15, 0.2) is 18.2 Å². The largest absolute Gasteiger partial charge is 0.231 e. The van der Waals surface area contributed by atoms with Gasteiger partial charge >= 0.3 is 0 Å². The maximum atomic E-state index is 8.35. The van der Waals surface area contributed by atoms with Crippen LogP contribution >= 0.6 is 0 Å². The van der Waals surface area contributed by atoms with Crippen LogP contribution in [-0.4, -0.2) is 18.2 Å². The third-order valence-corrected chi connectivity index (χ3v) is 1.37. The van der Waals surface area contributed by atoms with Crippen molar-refractivity contribution in [3.63, 3.8) is 0 Å². The second kappa shape index (κ2) is 16.8. The quantitative estimate of drug-likeness (QED) is 0.482. The Kier molecular flexibility index (Phi) is 19.3. The normalized spacial score (nSPS) is 6.17. The number of benzene rings is 1. The lowest BCUT2D eigenvalue weighted by atomic mass is 10.1. The average Bonchev–Trinajstić information content (AvgIpc) is 2.18. The molecule has 0 bridgehead atoms. The molecule has 0 aromatic heterocycles. The Morgan fingerprint density at radius 1 is 0.667 bits per heavy atom. The predicted octanol–water partition coefficient (Wildman–Crippen LogP) is 2.31.